The number of hydrogen-bond acceptors (Lipinski definition) is 6. The number of carbonyl (C=O) groups is 3. The number of aliphatic carboxylic acids is 2. The summed E-state index contributed by atoms with van der Waals surface area (Å²) in [5.74, 6) is -3.45. The summed E-state index contributed by atoms with van der Waals surface area (Å²) in [6, 6.07) is 0. The molecule has 0 aliphatic carbocycles. The van der Waals surface area contributed by atoms with Crippen molar-refractivity contribution in [3.05, 3.63) is 12.7 Å². The fourth-order valence-corrected chi connectivity index (χ4v) is 0.646. The Morgan fingerprint density at radius 3 is 2.32 bits per heavy atom. The summed E-state index contributed by atoms with van der Waals surface area (Å²) in [7, 11) is 0. The molecule has 8 heteroatoms. The molecule has 2 N–H and O–H groups in total. The van der Waals surface area contributed by atoms with Crippen molar-refractivity contribution in [1.82, 2.24) is 0 Å². The molecule has 0 rings (SSSR count). The molecule has 1 unspecified atom stereocenters. The molecule has 19 heavy (non-hydrogen) atoms. The van der Waals surface area contributed by atoms with Crippen LogP contribution in [0.3, 0.4) is 0 Å². The van der Waals surface area contributed by atoms with Crippen molar-refractivity contribution in [2.75, 3.05) is 13.2 Å². The van der Waals surface area contributed by atoms with Crippen LogP contribution in [0.15, 0.2) is 17.6 Å². The summed E-state index contributed by atoms with van der Waals surface area (Å²) in [6.07, 6.45) is 2.05. The minimum Gasteiger partial charge on any atom is -0.481 e. The highest BCUT2D eigenvalue weighted by atomic mass is 16.5. The van der Waals surface area contributed by atoms with Gasteiger partial charge in [0.15, 0.2) is 0 Å². The minimum absolute atomic E-state index is 0.0973. The first-order valence-electron chi connectivity index (χ1n) is 5.12. The van der Waals surface area contributed by atoms with Crippen LogP contribution in [0.5, 0.6) is 0 Å². The maximum Gasteiger partial charge on any atom is 0.330 e. The van der Waals surface area contributed by atoms with Crippen LogP contribution in [-0.2, 0) is 23.9 Å². The number of isocyanates is 1. The van der Waals surface area contributed by atoms with E-state index >= 15 is 0 Å². The van der Waals surface area contributed by atoms with E-state index in [2.05, 4.69) is 16.3 Å². The number of nitrogens with zero attached hydrogens (tertiary/aromatic N) is 1. The molecule has 0 fully saturated rings. The van der Waals surface area contributed by atoms with Crippen molar-refractivity contribution >= 4 is 24.0 Å². The fourth-order valence-electron chi connectivity index (χ4n) is 0.646. The number of ether oxygens (including phenoxy) is 1. The van der Waals surface area contributed by atoms with Gasteiger partial charge in [-0.2, -0.15) is 0 Å². The lowest BCUT2D eigenvalue weighted by Gasteiger charge is -1.98. The number of esters is 1. The molecule has 0 aliphatic rings. The molecule has 0 aromatic rings. The second kappa shape index (κ2) is 12.0. The average Bonchev–Trinajstić information content (AvgIpc) is 2.34. The molecular weight excluding hydrogens is 258 g/mol. The summed E-state index contributed by atoms with van der Waals surface area (Å²) in [6.45, 7) is 4.79. The molecule has 0 aromatic carbocycles. The minimum atomic E-state index is -1.08. The van der Waals surface area contributed by atoms with Crippen molar-refractivity contribution in [1.29, 1.82) is 0 Å². The predicted molar refractivity (Wildman–Crippen MR) is 63.2 cm³/mol. The van der Waals surface area contributed by atoms with Gasteiger partial charge in [0.05, 0.1) is 18.9 Å². The van der Waals surface area contributed by atoms with E-state index in [-0.39, 0.29) is 19.6 Å². The van der Waals surface area contributed by atoms with Gasteiger partial charge in [0.2, 0.25) is 6.08 Å². The Hall–Kier alpha value is -2.47. The highest BCUT2D eigenvalue weighted by Crippen LogP contribution is 1.99. The van der Waals surface area contributed by atoms with Crippen LogP contribution in [0.2, 0.25) is 0 Å². The number of carboxylic acids is 2. The van der Waals surface area contributed by atoms with E-state index in [1.165, 1.54) is 13.0 Å². The third kappa shape index (κ3) is 15.5. The zero-order valence-corrected chi connectivity index (χ0v) is 10.4. The summed E-state index contributed by atoms with van der Waals surface area (Å²) in [5.41, 5.74) is 0. The normalized spacial score (nSPS) is 9.95. The van der Waals surface area contributed by atoms with E-state index in [1.807, 2.05) is 0 Å². The van der Waals surface area contributed by atoms with Gasteiger partial charge in [-0.25, -0.2) is 14.6 Å². The van der Waals surface area contributed by atoms with Gasteiger partial charge in [-0.1, -0.05) is 13.5 Å². The molecule has 0 spiro atoms. The van der Waals surface area contributed by atoms with Crippen LogP contribution < -0.4 is 0 Å². The molecule has 8 nitrogen and oxygen atoms in total. The smallest absolute Gasteiger partial charge is 0.330 e. The molecule has 1 atom stereocenters. The summed E-state index contributed by atoms with van der Waals surface area (Å²) in [4.78, 5) is 42.7. The van der Waals surface area contributed by atoms with Gasteiger partial charge in [-0.15, -0.1) is 0 Å². The van der Waals surface area contributed by atoms with Crippen LogP contribution in [0, 0.1) is 5.92 Å². The van der Waals surface area contributed by atoms with E-state index < -0.39 is 23.8 Å². The second-order valence-electron chi connectivity index (χ2n) is 3.18. The first-order valence-corrected chi connectivity index (χ1v) is 5.12. The second-order valence-corrected chi connectivity index (χ2v) is 3.18. The van der Waals surface area contributed by atoms with Gasteiger partial charge in [-0.3, -0.25) is 9.59 Å². The molecule has 0 saturated heterocycles. The topological polar surface area (TPSA) is 130 Å². The van der Waals surface area contributed by atoms with Crippen molar-refractivity contribution in [3.63, 3.8) is 0 Å². The summed E-state index contributed by atoms with van der Waals surface area (Å²) in [5, 5.41) is 16.2. The summed E-state index contributed by atoms with van der Waals surface area (Å²) < 4.78 is 4.46. The van der Waals surface area contributed by atoms with Gasteiger partial charge in [0.1, 0.15) is 6.61 Å². The standard InChI is InChI=1S/C6H7NO3.C5H8O4/c1-2-6(9)10-4-3-7-5-8;1-3(5(8)9)2-4(6)7/h2H,1,3-4H2;3H,2H2,1H3,(H,6,7)(H,8,9). The van der Waals surface area contributed by atoms with Crippen LogP contribution in [0.1, 0.15) is 13.3 Å². The van der Waals surface area contributed by atoms with Crippen molar-refractivity contribution in [2.45, 2.75) is 13.3 Å². The van der Waals surface area contributed by atoms with Gasteiger partial charge in [0.25, 0.3) is 0 Å². The van der Waals surface area contributed by atoms with Gasteiger partial charge < -0.3 is 14.9 Å². The van der Waals surface area contributed by atoms with E-state index in [1.54, 1.807) is 0 Å². The van der Waals surface area contributed by atoms with Gasteiger partial charge >= 0.3 is 17.9 Å². The molecule has 0 heterocycles. The van der Waals surface area contributed by atoms with Crippen molar-refractivity contribution in [3.8, 4) is 0 Å². The highest BCUT2D eigenvalue weighted by Gasteiger charge is 2.13. The van der Waals surface area contributed by atoms with E-state index in [9.17, 15) is 19.2 Å². The molecule has 0 aliphatic heterocycles. The van der Waals surface area contributed by atoms with Crippen LogP contribution in [0.4, 0.5) is 0 Å². The summed E-state index contributed by atoms with van der Waals surface area (Å²) >= 11 is 0. The average molecular weight is 273 g/mol. The third-order valence-electron chi connectivity index (χ3n) is 1.58. The van der Waals surface area contributed by atoms with Crippen LogP contribution >= 0.6 is 0 Å². The molecule has 0 bridgehead atoms. The Morgan fingerprint density at radius 2 is 2.00 bits per heavy atom. The highest BCUT2D eigenvalue weighted by molar-refractivity contribution is 5.81. The molecule has 106 valence electrons. The fraction of sp³-hybridized carbons (Fsp3) is 0.455. The van der Waals surface area contributed by atoms with Crippen LogP contribution in [0.25, 0.3) is 0 Å². The number of aliphatic imine (C=N–C) groups is 1. The van der Waals surface area contributed by atoms with Crippen molar-refractivity contribution < 1.29 is 34.1 Å². The lowest BCUT2D eigenvalue weighted by Crippen LogP contribution is -2.13. The Kier molecular flexibility index (Phi) is 11.9. The molecule has 0 aromatic heterocycles. The third-order valence-corrected chi connectivity index (χ3v) is 1.58. The Labute approximate surface area is 109 Å². The zero-order valence-electron chi connectivity index (χ0n) is 10.4. The molecular formula is C11H15NO7. The quantitative estimate of drug-likeness (QED) is 0.223. The van der Waals surface area contributed by atoms with Gasteiger partial charge in [-0.05, 0) is 0 Å². The number of rotatable bonds is 7. The van der Waals surface area contributed by atoms with E-state index in [0.717, 1.165) is 6.08 Å². The number of hydrogen-bond donors (Lipinski definition) is 2. The Bertz CT molecular complexity index is 371. The monoisotopic (exact) mass is 273 g/mol. The SMILES string of the molecule is C=CC(=O)OCCN=C=O.CC(CC(=O)O)C(=O)O. The maximum atomic E-state index is 10.3. The van der Waals surface area contributed by atoms with Crippen LogP contribution in [-0.4, -0.2) is 47.4 Å². The largest absolute Gasteiger partial charge is 0.481 e. The molecule has 0 amide bonds. The molecule has 0 saturated carbocycles. The Balaban J connectivity index is 0. The lowest BCUT2D eigenvalue weighted by atomic mass is 10.1. The lowest BCUT2D eigenvalue weighted by molar-refractivity contribution is -0.147. The maximum absolute atomic E-state index is 10.3. The van der Waals surface area contributed by atoms with E-state index in [0.29, 0.717) is 0 Å². The Morgan fingerprint density at radius 1 is 1.42 bits per heavy atom. The van der Waals surface area contributed by atoms with Crippen molar-refractivity contribution in [2.24, 2.45) is 10.9 Å². The predicted octanol–water partition coefficient (Wildman–Crippen LogP) is 0.233. The zero-order chi connectivity index (χ0) is 15.3. The van der Waals surface area contributed by atoms with Gasteiger partial charge in [0, 0.05) is 6.08 Å². The first kappa shape index (κ1) is 18.9. The number of carbonyl (C=O) groups excluding carboxylic acids is 2. The molecule has 0 radical (unpaired) electrons. The first-order chi connectivity index (χ1) is 8.84. The number of carboxylic acid groups (broad SMARTS) is 2. The van der Waals surface area contributed by atoms with E-state index in [4.69, 9.17) is 10.2 Å².